The van der Waals surface area contributed by atoms with Gasteiger partial charge in [-0.25, -0.2) is 0 Å². The van der Waals surface area contributed by atoms with Crippen molar-refractivity contribution in [3.05, 3.63) is 0 Å². The fourth-order valence-electron chi connectivity index (χ4n) is 3.03. The Morgan fingerprint density at radius 2 is 2.15 bits per heavy atom. The van der Waals surface area contributed by atoms with E-state index >= 15 is 0 Å². The van der Waals surface area contributed by atoms with E-state index in [0.29, 0.717) is 11.8 Å². The highest BCUT2D eigenvalue weighted by Crippen LogP contribution is 2.48. The number of rotatable bonds is 2. The van der Waals surface area contributed by atoms with Crippen LogP contribution >= 0.6 is 0 Å². The van der Waals surface area contributed by atoms with E-state index in [9.17, 15) is 4.79 Å². The van der Waals surface area contributed by atoms with Gasteiger partial charge in [0.15, 0.2) is 0 Å². The predicted octanol–water partition coefficient (Wildman–Crippen LogP) is 0.952. The van der Waals surface area contributed by atoms with Crippen molar-refractivity contribution in [1.29, 1.82) is 0 Å². The number of ketones is 1. The molecule has 70 valence electrons. The third kappa shape index (κ3) is 1.28. The second-order valence-corrected chi connectivity index (χ2v) is 4.28. The van der Waals surface area contributed by atoms with Crippen LogP contribution in [0.15, 0.2) is 0 Å². The number of hydrogen-bond donors (Lipinski definition) is 1. The van der Waals surface area contributed by atoms with Crippen LogP contribution in [0.4, 0.5) is 0 Å². The van der Waals surface area contributed by atoms with Crippen molar-refractivity contribution >= 4 is 5.78 Å². The van der Waals surface area contributed by atoms with Crippen molar-refractivity contribution in [3.8, 4) is 12.3 Å². The molecule has 0 heterocycles. The van der Waals surface area contributed by atoms with Crippen LogP contribution in [0.2, 0.25) is 0 Å². The summed E-state index contributed by atoms with van der Waals surface area (Å²) in [4.78, 5) is 11.6. The van der Waals surface area contributed by atoms with Gasteiger partial charge < -0.3 is 5.73 Å². The van der Waals surface area contributed by atoms with Crippen LogP contribution in [-0.2, 0) is 4.79 Å². The second-order valence-electron chi connectivity index (χ2n) is 4.28. The van der Waals surface area contributed by atoms with Gasteiger partial charge in [-0.05, 0) is 31.1 Å². The summed E-state index contributed by atoms with van der Waals surface area (Å²) >= 11 is 0. The van der Waals surface area contributed by atoms with E-state index in [0.717, 1.165) is 6.42 Å². The smallest absolute Gasteiger partial charge is 0.149 e. The van der Waals surface area contributed by atoms with Gasteiger partial charge in [0.1, 0.15) is 5.78 Å². The van der Waals surface area contributed by atoms with Gasteiger partial charge in [-0.3, -0.25) is 4.79 Å². The Kier molecular flexibility index (Phi) is 2.13. The molecule has 2 nitrogen and oxygen atoms in total. The molecule has 0 amide bonds. The highest BCUT2D eigenvalue weighted by molar-refractivity contribution is 5.84. The van der Waals surface area contributed by atoms with Crippen molar-refractivity contribution in [1.82, 2.24) is 0 Å². The fraction of sp³-hybridized carbons (Fsp3) is 0.727. The van der Waals surface area contributed by atoms with Crippen LogP contribution in [0.3, 0.4) is 0 Å². The number of Topliss-reactive ketones (excluding diaryl/α,β-unsaturated/α-hetero) is 1. The maximum atomic E-state index is 11.6. The first-order valence-corrected chi connectivity index (χ1v) is 4.95. The average Bonchev–Trinajstić information content (AvgIpc) is 2.63. The Morgan fingerprint density at radius 3 is 2.69 bits per heavy atom. The SMILES string of the molecule is C#CCC(=O)C1C2CCC(C2)C1N. The zero-order valence-electron chi connectivity index (χ0n) is 7.70. The summed E-state index contributed by atoms with van der Waals surface area (Å²) in [5.74, 6) is 3.83. The minimum atomic E-state index is 0.0785. The van der Waals surface area contributed by atoms with Gasteiger partial charge in [0, 0.05) is 12.0 Å². The van der Waals surface area contributed by atoms with Gasteiger partial charge in [0.25, 0.3) is 0 Å². The number of nitrogens with two attached hydrogens (primary N) is 1. The van der Waals surface area contributed by atoms with Gasteiger partial charge in [0.2, 0.25) is 0 Å². The lowest BCUT2D eigenvalue weighted by atomic mass is 9.81. The molecule has 13 heavy (non-hydrogen) atoms. The molecule has 0 aromatic rings. The largest absolute Gasteiger partial charge is 0.327 e. The first-order valence-electron chi connectivity index (χ1n) is 4.95. The molecule has 0 aliphatic heterocycles. The first-order chi connectivity index (χ1) is 6.24. The number of carbonyl (C=O) groups excluding carboxylic acids is 1. The van der Waals surface area contributed by atoms with Gasteiger partial charge in [-0.1, -0.05) is 5.92 Å². The minimum Gasteiger partial charge on any atom is -0.327 e. The standard InChI is InChI=1S/C11H15NO/c1-2-3-9(13)10-7-4-5-8(6-7)11(10)12/h1,7-8,10-11H,3-6,12H2. The molecule has 2 aliphatic rings. The van der Waals surface area contributed by atoms with Crippen LogP contribution in [0, 0.1) is 30.1 Å². The molecule has 2 fully saturated rings. The Balaban J connectivity index is 2.08. The zero-order valence-corrected chi connectivity index (χ0v) is 7.70. The van der Waals surface area contributed by atoms with E-state index in [2.05, 4.69) is 5.92 Å². The highest BCUT2D eigenvalue weighted by Gasteiger charge is 2.48. The van der Waals surface area contributed by atoms with Crippen LogP contribution in [0.5, 0.6) is 0 Å². The molecule has 2 aliphatic carbocycles. The number of hydrogen-bond acceptors (Lipinski definition) is 2. The third-order valence-electron chi connectivity index (χ3n) is 3.63. The Hall–Kier alpha value is -0.810. The number of fused-ring (bicyclic) bond motifs is 2. The van der Waals surface area contributed by atoms with E-state index in [4.69, 9.17) is 12.2 Å². The fourth-order valence-corrected chi connectivity index (χ4v) is 3.03. The van der Waals surface area contributed by atoms with E-state index in [1.54, 1.807) is 0 Å². The van der Waals surface area contributed by atoms with Crippen molar-refractivity contribution in [2.24, 2.45) is 23.5 Å². The van der Waals surface area contributed by atoms with Crippen molar-refractivity contribution in [2.45, 2.75) is 31.7 Å². The van der Waals surface area contributed by atoms with E-state index < -0.39 is 0 Å². The molecule has 0 aromatic carbocycles. The van der Waals surface area contributed by atoms with Crippen LogP contribution in [0.1, 0.15) is 25.7 Å². The molecule has 0 aromatic heterocycles. The average molecular weight is 177 g/mol. The first kappa shape index (κ1) is 8.77. The van der Waals surface area contributed by atoms with Crippen molar-refractivity contribution < 1.29 is 4.79 Å². The predicted molar refractivity (Wildman–Crippen MR) is 50.8 cm³/mol. The summed E-state index contributed by atoms with van der Waals surface area (Å²) < 4.78 is 0. The quantitative estimate of drug-likeness (QED) is 0.638. The van der Waals surface area contributed by atoms with Crippen LogP contribution in [-0.4, -0.2) is 11.8 Å². The monoisotopic (exact) mass is 177 g/mol. The molecule has 2 rings (SSSR count). The molecule has 0 radical (unpaired) electrons. The summed E-state index contributed by atoms with van der Waals surface area (Å²) in [6.45, 7) is 0. The van der Waals surface area contributed by atoms with Gasteiger partial charge in [-0.15, -0.1) is 6.42 Å². The lowest BCUT2D eigenvalue weighted by Crippen LogP contribution is -2.40. The zero-order chi connectivity index (χ0) is 9.42. The maximum Gasteiger partial charge on any atom is 0.149 e. The molecular formula is C11H15NO. The van der Waals surface area contributed by atoms with E-state index in [-0.39, 0.29) is 24.2 Å². The Morgan fingerprint density at radius 1 is 1.46 bits per heavy atom. The molecule has 4 atom stereocenters. The molecule has 2 bridgehead atoms. The summed E-state index contributed by atoms with van der Waals surface area (Å²) in [6, 6.07) is 0.0969. The minimum absolute atomic E-state index is 0.0785. The van der Waals surface area contributed by atoms with E-state index in [1.807, 2.05) is 0 Å². The van der Waals surface area contributed by atoms with Gasteiger partial charge >= 0.3 is 0 Å². The Labute approximate surface area is 78.9 Å². The summed E-state index contributed by atoms with van der Waals surface area (Å²) in [6.07, 6.45) is 8.94. The molecular weight excluding hydrogens is 162 g/mol. The van der Waals surface area contributed by atoms with Crippen molar-refractivity contribution in [3.63, 3.8) is 0 Å². The van der Waals surface area contributed by atoms with Gasteiger partial charge in [0.05, 0.1) is 6.42 Å². The number of carbonyl (C=O) groups is 1. The topological polar surface area (TPSA) is 43.1 Å². The van der Waals surface area contributed by atoms with Crippen LogP contribution in [0.25, 0.3) is 0 Å². The van der Waals surface area contributed by atoms with Crippen molar-refractivity contribution in [2.75, 3.05) is 0 Å². The molecule has 2 saturated carbocycles. The summed E-state index contributed by atoms with van der Waals surface area (Å²) in [5.41, 5.74) is 6.01. The van der Waals surface area contributed by atoms with E-state index in [1.165, 1.54) is 12.8 Å². The molecule has 0 saturated heterocycles. The highest BCUT2D eigenvalue weighted by atomic mass is 16.1. The maximum absolute atomic E-state index is 11.6. The lowest BCUT2D eigenvalue weighted by Gasteiger charge is -2.26. The van der Waals surface area contributed by atoms with Crippen LogP contribution < -0.4 is 5.73 Å². The number of terminal acetylenes is 1. The molecule has 4 unspecified atom stereocenters. The lowest BCUT2D eigenvalue weighted by molar-refractivity contribution is -0.123. The van der Waals surface area contributed by atoms with Gasteiger partial charge in [-0.2, -0.15) is 0 Å². The summed E-state index contributed by atoms with van der Waals surface area (Å²) in [5, 5.41) is 0. The third-order valence-corrected chi connectivity index (χ3v) is 3.63. The molecule has 0 spiro atoms. The Bertz CT molecular complexity index is 264. The second kappa shape index (κ2) is 3.16. The normalized spacial score (nSPS) is 41.8. The molecule has 2 heteroatoms. The molecule has 2 N–H and O–H groups in total. The summed E-state index contributed by atoms with van der Waals surface area (Å²) in [7, 11) is 0.